The topological polar surface area (TPSA) is 86.8 Å². The minimum atomic E-state index is -4.13. The number of carbonyl (C=O) groups is 2. The van der Waals surface area contributed by atoms with Gasteiger partial charge >= 0.3 is 0 Å². The van der Waals surface area contributed by atoms with Crippen LogP contribution in [0.15, 0.2) is 83.8 Å². The highest BCUT2D eigenvalue weighted by molar-refractivity contribution is 7.92. The maximum absolute atomic E-state index is 14.0. The van der Waals surface area contributed by atoms with E-state index in [4.69, 9.17) is 11.6 Å². The Hall–Kier alpha value is -3.36. The molecule has 1 fully saturated rings. The van der Waals surface area contributed by atoms with Crippen LogP contribution in [0.3, 0.4) is 0 Å². The Morgan fingerprint density at radius 3 is 2.28 bits per heavy atom. The zero-order valence-electron chi connectivity index (χ0n) is 22.2. The molecule has 1 saturated carbocycles. The summed E-state index contributed by atoms with van der Waals surface area (Å²) in [5, 5.41) is 3.48. The Morgan fingerprint density at radius 1 is 0.974 bits per heavy atom. The molecule has 3 aromatic carbocycles. The van der Waals surface area contributed by atoms with Crippen molar-refractivity contribution in [2.45, 2.75) is 63.1 Å². The summed E-state index contributed by atoms with van der Waals surface area (Å²) in [5.41, 5.74) is 2.05. The summed E-state index contributed by atoms with van der Waals surface area (Å²) in [6.07, 6.45) is 3.98. The molecule has 1 N–H and O–H groups in total. The van der Waals surface area contributed by atoms with E-state index in [1.54, 1.807) is 25.1 Å². The number of benzene rings is 3. The zero-order chi connectivity index (χ0) is 28.0. The molecule has 0 aliphatic heterocycles. The third-order valence-electron chi connectivity index (χ3n) is 7.03. The Labute approximate surface area is 235 Å². The maximum Gasteiger partial charge on any atom is 0.264 e. The van der Waals surface area contributed by atoms with Gasteiger partial charge in [-0.2, -0.15) is 0 Å². The van der Waals surface area contributed by atoms with Crippen molar-refractivity contribution >= 4 is 39.1 Å². The molecule has 1 aliphatic rings. The second-order valence-electron chi connectivity index (χ2n) is 9.98. The van der Waals surface area contributed by atoms with Crippen LogP contribution in [0.1, 0.15) is 43.7 Å². The normalized spacial score (nSPS) is 14.5. The average Bonchev–Trinajstić information content (AvgIpc) is 3.43. The molecule has 0 heterocycles. The number of carbonyl (C=O) groups excluding carboxylic acids is 2. The van der Waals surface area contributed by atoms with Crippen molar-refractivity contribution in [3.63, 3.8) is 0 Å². The van der Waals surface area contributed by atoms with Gasteiger partial charge < -0.3 is 10.2 Å². The fourth-order valence-electron chi connectivity index (χ4n) is 4.80. The second kappa shape index (κ2) is 12.7. The van der Waals surface area contributed by atoms with Gasteiger partial charge in [0.05, 0.1) is 10.6 Å². The van der Waals surface area contributed by atoms with E-state index in [0.29, 0.717) is 10.7 Å². The molecule has 1 aliphatic carbocycles. The van der Waals surface area contributed by atoms with Crippen molar-refractivity contribution in [1.82, 2.24) is 10.2 Å². The van der Waals surface area contributed by atoms with Crippen LogP contribution in [0.4, 0.5) is 5.69 Å². The highest BCUT2D eigenvalue weighted by Crippen LogP contribution is 2.26. The summed E-state index contributed by atoms with van der Waals surface area (Å²) in [4.78, 5) is 28.7. The first-order valence-corrected chi connectivity index (χ1v) is 15.0. The van der Waals surface area contributed by atoms with Crippen LogP contribution >= 0.6 is 11.6 Å². The van der Waals surface area contributed by atoms with Crippen LogP contribution in [-0.4, -0.2) is 43.8 Å². The van der Waals surface area contributed by atoms with E-state index in [-0.39, 0.29) is 23.4 Å². The number of anilines is 1. The third-order valence-corrected chi connectivity index (χ3v) is 9.07. The summed E-state index contributed by atoms with van der Waals surface area (Å²) in [5.74, 6) is -0.721. The van der Waals surface area contributed by atoms with Crippen LogP contribution in [0, 0.1) is 6.92 Å². The summed E-state index contributed by atoms with van der Waals surface area (Å²) >= 11 is 6.00. The van der Waals surface area contributed by atoms with Crippen LogP contribution in [0.25, 0.3) is 0 Å². The molecule has 2 amide bonds. The van der Waals surface area contributed by atoms with E-state index in [2.05, 4.69) is 5.32 Å². The van der Waals surface area contributed by atoms with E-state index < -0.39 is 28.5 Å². The quantitative estimate of drug-likeness (QED) is 0.359. The Kier molecular flexibility index (Phi) is 9.30. The first-order valence-electron chi connectivity index (χ1n) is 13.1. The van der Waals surface area contributed by atoms with Gasteiger partial charge in [0.25, 0.3) is 10.0 Å². The Balaban J connectivity index is 1.67. The van der Waals surface area contributed by atoms with Gasteiger partial charge in [0.2, 0.25) is 11.8 Å². The lowest BCUT2D eigenvalue weighted by Gasteiger charge is -2.32. The van der Waals surface area contributed by atoms with Crippen LogP contribution in [-0.2, 0) is 26.2 Å². The van der Waals surface area contributed by atoms with Gasteiger partial charge in [0, 0.05) is 17.6 Å². The van der Waals surface area contributed by atoms with Crippen LogP contribution in [0.5, 0.6) is 0 Å². The van der Waals surface area contributed by atoms with Crippen molar-refractivity contribution in [1.29, 1.82) is 0 Å². The highest BCUT2D eigenvalue weighted by Gasteiger charge is 2.33. The number of nitrogens with zero attached hydrogens (tertiary/aromatic N) is 2. The monoisotopic (exact) mass is 567 g/mol. The number of halogens is 1. The fourth-order valence-corrected chi connectivity index (χ4v) is 6.33. The first-order chi connectivity index (χ1) is 18.6. The number of sulfonamides is 1. The Morgan fingerprint density at radius 2 is 1.64 bits per heavy atom. The van der Waals surface area contributed by atoms with Gasteiger partial charge in [-0.3, -0.25) is 13.9 Å². The maximum atomic E-state index is 14.0. The summed E-state index contributed by atoms with van der Waals surface area (Å²) < 4.78 is 28.8. The predicted molar refractivity (Wildman–Crippen MR) is 154 cm³/mol. The molecule has 0 bridgehead atoms. The number of hydrogen-bond donors (Lipinski definition) is 1. The van der Waals surface area contributed by atoms with Crippen molar-refractivity contribution in [3.05, 3.63) is 95.0 Å². The molecule has 0 radical (unpaired) electrons. The average molecular weight is 568 g/mol. The molecule has 1 atom stereocenters. The lowest BCUT2D eigenvalue weighted by molar-refractivity contribution is -0.139. The molecule has 39 heavy (non-hydrogen) atoms. The predicted octanol–water partition coefficient (Wildman–Crippen LogP) is 5.32. The fraction of sp³-hybridized carbons (Fsp3) is 0.333. The minimum Gasteiger partial charge on any atom is -0.352 e. The molecule has 0 spiro atoms. The number of amides is 2. The van der Waals surface area contributed by atoms with Crippen LogP contribution in [0.2, 0.25) is 5.02 Å². The van der Waals surface area contributed by atoms with E-state index in [0.717, 1.165) is 41.1 Å². The molecule has 9 heteroatoms. The second-order valence-corrected chi connectivity index (χ2v) is 12.3. The SMILES string of the molecule is Cc1cccc(N(CC(=O)N(Cc2ccccc2)C(C)C(=O)NC2CCCC2)S(=O)(=O)c2ccc(Cl)cc2)c1. The van der Waals surface area contributed by atoms with Gasteiger partial charge in [0.1, 0.15) is 12.6 Å². The van der Waals surface area contributed by atoms with Crippen LogP contribution < -0.4 is 9.62 Å². The number of nitrogens with one attached hydrogen (secondary N) is 1. The van der Waals surface area contributed by atoms with Gasteiger partial charge in [-0.1, -0.05) is 66.9 Å². The summed E-state index contributed by atoms with van der Waals surface area (Å²) in [6.45, 7) is 3.25. The molecule has 7 nitrogen and oxygen atoms in total. The number of aryl methyl sites for hydroxylation is 1. The van der Waals surface area contributed by atoms with E-state index in [9.17, 15) is 18.0 Å². The number of rotatable bonds is 10. The van der Waals surface area contributed by atoms with E-state index in [1.165, 1.54) is 29.2 Å². The molecule has 0 saturated heterocycles. The molecule has 0 aromatic heterocycles. The first kappa shape index (κ1) is 28.6. The van der Waals surface area contributed by atoms with Gasteiger partial charge in [-0.25, -0.2) is 8.42 Å². The van der Waals surface area contributed by atoms with Crippen molar-refractivity contribution in [2.75, 3.05) is 10.8 Å². The summed E-state index contributed by atoms with van der Waals surface area (Å²) in [6, 6.07) is 21.5. The smallest absolute Gasteiger partial charge is 0.264 e. The molecule has 206 valence electrons. The largest absolute Gasteiger partial charge is 0.352 e. The van der Waals surface area contributed by atoms with Crippen molar-refractivity contribution in [2.24, 2.45) is 0 Å². The number of hydrogen-bond acceptors (Lipinski definition) is 4. The summed E-state index contributed by atoms with van der Waals surface area (Å²) in [7, 11) is -4.13. The molecular weight excluding hydrogens is 534 g/mol. The van der Waals surface area contributed by atoms with Gasteiger partial charge in [-0.15, -0.1) is 0 Å². The molecule has 3 aromatic rings. The van der Waals surface area contributed by atoms with E-state index >= 15 is 0 Å². The van der Waals surface area contributed by atoms with E-state index in [1.807, 2.05) is 43.3 Å². The lowest BCUT2D eigenvalue weighted by Crippen LogP contribution is -2.52. The molecule has 1 unspecified atom stereocenters. The lowest BCUT2D eigenvalue weighted by atomic mass is 10.1. The zero-order valence-corrected chi connectivity index (χ0v) is 23.8. The Bertz CT molecular complexity index is 1390. The minimum absolute atomic E-state index is 0.0165. The standard InChI is InChI=1S/C30H34ClN3O4S/c1-22-9-8-14-27(19-22)34(39(37,38)28-17-15-25(31)16-18-28)21-29(35)33(20-24-10-4-3-5-11-24)23(2)30(36)32-26-12-6-7-13-26/h3-5,8-11,14-19,23,26H,6-7,12-13,20-21H2,1-2H3,(H,32,36). The molecular formula is C30H34ClN3O4S. The van der Waals surface area contributed by atoms with Gasteiger partial charge in [-0.05, 0) is 74.2 Å². The van der Waals surface area contributed by atoms with Crippen molar-refractivity contribution in [3.8, 4) is 0 Å². The molecule has 4 rings (SSSR count). The van der Waals surface area contributed by atoms with Crippen molar-refractivity contribution < 1.29 is 18.0 Å². The highest BCUT2D eigenvalue weighted by atomic mass is 35.5. The van der Waals surface area contributed by atoms with Gasteiger partial charge in [0.15, 0.2) is 0 Å². The third kappa shape index (κ3) is 7.19.